The second kappa shape index (κ2) is 4.99. The number of hydrogen-bond donors (Lipinski definition) is 1. The van der Waals surface area contributed by atoms with Crippen molar-refractivity contribution in [3.8, 4) is 0 Å². The third-order valence-corrected chi connectivity index (χ3v) is 1.80. The number of aromatic amines is 1. The van der Waals surface area contributed by atoms with Crippen LogP contribution in [-0.2, 0) is 17.0 Å². The molecule has 0 saturated carbocycles. The Morgan fingerprint density at radius 3 is 3.08 bits per heavy atom. The van der Waals surface area contributed by atoms with Crippen LogP contribution in [0.15, 0.2) is 10.9 Å². The number of halogens is 1. The summed E-state index contributed by atoms with van der Waals surface area (Å²) in [4.78, 5) is 17.8. The molecule has 4 nitrogen and oxygen atoms in total. The normalized spacial score (nSPS) is 10.3. The standard InChI is InChI=1S/C8H11ClN2O2/c1-13-3-2-7-10-6(5-9)4-8(12)11-7/h4H,2-3,5H2,1H3,(H,10,11,12). The van der Waals surface area contributed by atoms with Crippen LogP contribution >= 0.6 is 11.6 Å². The van der Waals surface area contributed by atoms with E-state index in [-0.39, 0.29) is 11.4 Å². The molecule has 1 aromatic heterocycles. The fourth-order valence-electron chi connectivity index (χ4n) is 0.949. The first-order chi connectivity index (χ1) is 6.26. The van der Waals surface area contributed by atoms with E-state index in [0.717, 1.165) is 0 Å². The SMILES string of the molecule is COCCc1nc(CCl)cc(=O)[nH]1. The van der Waals surface area contributed by atoms with Gasteiger partial charge in [0.15, 0.2) is 0 Å². The molecular formula is C8H11ClN2O2. The summed E-state index contributed by atoms with van der Waals surface area (Å²) in [6.07, 6.45) is 0.594. The van der Waals surface area contributed by atoms with Crippen molar-refractivity contribution in [1.29, 1.82) is 0 Å². The number of rotatable bonds is 4. The van der Waals surface area contributed by atoms with Gasteiger partial charge in [-0.2, -0.15) is 0 Å². The zero-order valence-corrected chi connectivity index (χ0v) is 8.10. The van der Waals surface area contributed by atoms with E-state index >= 15 is 0 Å². The molecule has 13 heavy (non-hydrogen) atoms. The monoisotopic (exact) mass is 202 g/mol. The van der Waals surface area contributed by atoms with E-state index in [1.807, 2.05) is 0 Å². The number of hydrogen-bond acceptors (Lipinski definition) is 3. The van der Waals surface area contributed by atoms with Crippen LogP contribution in [-0.4, -0.2) is 23.7 Å². The van der Waals surface area contributed by atoms with Gasteiger partial charge in [-0.05, 0) is 0 Å². The molecule has 1 rings (SSSR count). The molecule has 72 valence electrons. The Morgan fingerprint density at radius 2 is 2.46 bits per heavy atom. The highest BCUT2D eigenvalue weighted by molar-refractivity contribution is 6.16. The predicted octanol–water partition coefficient (Wildman–Crippen LogP) is 0.698. The van der Waals surface area contributed by atoms with Gasteiger partial charge in [0, 0.05) is 19.6 Å². The first-order valence-electron chi connectivity index (χ1n) is 3.90. The molecule has 1 heterocycles. The summed E-state index contributed by atoms with van der Waals surface area (Å²) < 4.78 is 4.86. The van der Waals surface area contributed by atoms with Crippen molar-refractivity contribution in [1.82, 2.24) is 9.97 Å². The summed E-state index contributed by atoms with van der Waals surface area (Å²) in [5.41, 5.74) is 0.424. The van der Waals surface area contributed by atoms with Gasteiger partial charge in [0.05, 0.1) is 18.2 Å². The number of nitrogens with one attached hydrogen (secondary N) is 1. The topological polar surface area (TPSA) is 55.0 Å². The number of nitrogens with zero attached hydrogens (tertiary/aromatic N) is 1. The van der Waals surface area contributed by atoms with Gasteiger partial charge in [-0.3, -0.25) is 4.79 Å². The maximum absolute atomic E-state index is 11.0. The zero-order valence-electron chi connectivity index (χ0n) is 7.34. The number of ether oxygens (including phenoxy) is 1. The van der Waals surface area contributed by atoms with Gasteiger partial charge in [0.1, 0.15) is 5.82 Å². The van der Waals surface area contributed by atoms with E-state index in [1.54, 1.807) is 7.11 Å². The van der Waals surface area contributed by atoms with E-state index in [9.17, 15) is 4.79 Å². The van der Waals surface area contributed by atoms with E-state index in [2.05, 4.69) is 9.97 Å². The third kappa shape index (κ3) is 3.16. The van der Waals surface area contributed by atoms with Crippen molar-refractivity contribution in [3.63, 3.8) is 0 Å². The van der Waals surface area contributed by atoms with Crippen LogP contribution in [0, 0.1) is 0 Å². The number of methoxy groups -OCH3 is 1. The average molecular weight is 203 g/mol. The number of H-pyrrole nitrogens is 1. The van der Waals surface area contributed by atoms with Gasteiger partial charge >= 0.3 is 0 Å². The summed E-state index contributed by atoms with van der Waals surface area (Å²) in [7, 11) is 1.60. The Morgan fingerprint density at radius 1 is 1.69 bits per heavy atom. The number of aromatic nitrogens is 2. The summed E-state index contributed by atoms with van der Waals surface area (Å²) >= 11 is 5.56. The van der Waals surface area contributed by atoms with E-state index in [1.165, 1.54) is 6.07 Å². The fraction of sp³-hybridized carbons (Fsp3) is 0.500. The molecule has 0 fully saturated rings. The van der Waals surface area contributed by atoms with Crippen LogP contribution in [0.3, 0.4) is 0 Å². The van der Waals surface area contributed by atoms with Gasteiger partial charge in [-0.25, -0.2) is 4.98 Å². The molecule has 0 aromatic carbocycles. The summed E-state index contributed by atoms with van der Waals surface area (Å²) in [5.74, 6) is 0.870. The van der Waals surface area contributed by atoms with Crippen molar-refractivity contribution >= 4 is 11.6 Å². The molecule has 5 heteroatoms. The van der Waals surface area contributed by atoms with Crippen LogP contribution in [0.4, 0.5) is 0 Å². The molecule has 0 amide bonds. The Hall–Kier alpha value is -0.870. The molecule has 0 saturated heterocycles. The maximum atomic E-state index is 11.0. The van der Waals surface area contributed by atoms with Crippen molar-refractivity contribution in [2.75, 3.05) is 13.7 Å². The summed E-state index contributed by atoms with van der Waals surface area (Å²) in [6, 6.07) is 1.39. The lowest BCUT2D eigenvalue weighted by molar-refractivity contribution is 0.200. The van der Waals surface area contributed by atoms with Gasteiger partial charge in [0.25, 0.3) is 5.56 Å². The molecule has 1 N–H and O–H groups in total. The van der Waals surface area contributed by atoms with Crippen LogP contribution in [0.2, 0.25) is 0 Å². The lowest BCUT2D eigenvalue weighted by Gasteiger charge is -2.00. The van der Waals surface area contributed by atoms with E-state index in [0.29, 0.717) is 24.5 Å². The van der Waals surface area contributed by atoms with Crippen LogP contribution in [0.5, 0.6) is 0 Å². The molecule has 0 bridgehead atoms. The van der Waals surface area contributed by atoms with Crippen molar-refractivity contribution in [2.24, 2.45) is 0 Å². The van der Waals surface area contributed by atoms with Crippen molar-refractivity contribution < 1.29 is 4.74 Å². The molecule has 0 atom stereocenters. The highest BCUT2D eigenvalue weighted by Crippen LogP contribution is 1.97. The first kappa shape index (κ1) is 10.2. The second-order valence-corrected chi connectivity index (χ2v) is 2.83. The molecule has 1 aromatic rings. The smallest absolute Gasteiger partial charge is 0.251 e. The minimum atomic E-state index is -0.170. The second-order valence-electron chi connectivity index (χ2n) is 2.56. The molecule has 0 spiro atoms. The van der Waals surface area contributed by atoms with Gasteiger partial charge in [-0.1, -0.05) is 0 Å². The molecule has 0 aliphatic rings. The van der Waals surface area contributed by atoms with Crippen molar-refractivity contribution in [2.45, 2.75) is 12.3 Å². The lowest BCUT2D eigenvalue weighted by Crippen LogP contribution is -2.13. The Kier molecular flexibility index (Phi) is 3.92. The Bertz CT molecular complexity index is 324. The first-order valence-corrected chi connectivity index (χ1v) is 4.43. The van der Waals surface area contributed by atoms with Crippen LogP contribution in [0.25, 0.3) is 0 Å². The van der Waals surface area contributed by atoms with Gasteiger partial charge in [-0.15, -0.1) is 11.6 Å². The quantitative estimate of drug-likeness (QED) is 0.732. The van der Waals surface area contributed by atoms with Crippen molar-refractivity contribution in [3.05, 3.63) is 27.9 Å². The highest BCUT2D eigenvalue weighted by Gasteiger charge is 1.99. The van der Waals surface area contributed by atoms with Gasteiger partial charge < -0.3 is 9.72 Å². The number of alkyl halides is 1. The zero-order chi connectivity index (χ0) is 9.68. The molecule has 0 aliphatic heterocycles. The molecule has 0 unspecified atom stereocenters. The summed E-state index contributed by atoms with van der Waals surface area (Å²) in [6.45, 7) is 0.536. The van der Waals surface area contributed by atoms with Crippen LogP contribution < -0.4 is 5.56 Å². The largest absolute Gasteiger partial charge is 0.384 e. The van der Waals surface area contributed by atoms with E-state index < -0.39 is 0 Å². The molecule has 0 aliphatic carbocycles. The Labute approximate surface area is 80.9 Å². The minimum absolute atomic E-state index is 0.170. The van der Waals surface area contributed by atoms with Gasteiger partial charge in [0.2, 0.25) is 0 Å². The molecule has 0 radical (unpaired) electrons. The highest BCUT2D eigenvalue weighted by atomic mass is 35.5. The lowest BCUT2D eigenvalue weighted by atomic mass is 10.4. The van der Waals surface area contributed by atoms with E-state index in [4.69, 9.17) is 16.3 Å². The average Bonchev–Trinajstić information content (AvgIpc) is 2.14. The summed E-state index contributed by atoms with van der Waals surface area (Å²) in [5, 5.41) is 0. The third-order valence-electron chi connectivity index (χ3n) is 1.52. The fourth-order valence-corrected chi connectivity index (χ4v) is 1.09. The predicted molar refractivity (Wildman–Crippen MR) is 50.0 cm³/mol. The molecular weight excluding hydrogens is 192 g/mol. The van der Waals surface area contributed by atoms with Crippen LogP contribution in [0.1, 0.15) is 11.5 Å². The maximum Gasteiger partial charge on any atom is 0.251 e. The minimum Gasteiger partial charge on any atom is -0.384 e. The Balaban J connectivity index is 2.82.